The van der Waals surface area contributed by atoms with Gasteiger partial charge in [0, 0.05) is 12.1 Å². The van der Waals surface area contributed by atoms with E-state index in [4.69, 9.17) is 4.74 Å². The second-order valence-corrected chi connectivity index (χ2v) is 8.98. The molecule has 0 aliphatic carbocycles. The molecule has 2 aromatic carbocycles. The predicted molar refractivity (Wildman–Crippen MR) is 126 cm³/mol. The number of carbonyl (C=O) groups excluding carboxylic acids is 1. The van der Waals surface area contributed by atoms with E-state index < -0.39 is 0 Å². The van der Waals surface area contributed by atoms with Gasteiger partial charge in [-0.3, -0.25) is 4.79 Å². The minimum Gasteiger partial charge on any atom is -0.497 e. The highest BCUT2D eigenvalue weighted by Crippen LogP contribution is 2.28. The Labute approximate surface area is 193 Å². The molecule has 0 bridgehead atoms. The van der Waals surface area contributed by atoms with Crippen LogP contribution in [0.1, 0.15) is 19.8 Å². The predicted octanol–water partition coefficient (Wildman–Crippen LogP) is 5.23. The van der Waals surface area contributed by atoms with Crippen LogP contribution in [0.15, 0.2) is 47.6 Å². The maximum absolute atomic E-state index is 13.4. The third-order valence-electron chi connectivity index (χ3n) is 4.73. The van der Waals surface area contributed by atoms with Crippen molar-refractivity contribution in [1.29, 1.82) is 0 Å². The molecule has 0 spiro atoms. The van der Waals surface area contributed by atoms with Crippen molar-refractivity contribution in [3.63, 3.8) is 0 Å². The molecule has 1 amide bonds. The van der Waals surface area contributed by atoms with E-state index in [9.17, 15) is 9.18 Å². The van der Waals surface area contributed by atoms with Crippen molar-refractivity contribution < 1.29 is 13.9 Å². The lowest BCUT2D eigenvalue weighted by Gasteiger charge is -2.10. The first-order valence-corrected chi connectivity index (χ1v) is 11.9. The molecule has 7 nitrogen and oxygen atoms in total. The highest BCUT2D eigenvalue weighted by molar-refractivity contribution is 7.99. The van der Waals surface area contributed by atoms with Crippen molar-refractivity contribution in [3.8, 4) is 17.1 Å². The van der Waals surface area contributed by atoms with Crippen molar-refractivity contribution in [2.75, 3.05) is 18.2 Å². The summed E-state index contributed by atoms with van der Waals surface area (Å²) in [5.74, 6) is 1.17. The first-order valence-electron chi connectivity index (χ1n) is 10.1. The lowest BCUT2D eigenvalue weighted by atomic mass is 10.2. The highest BCUT2D eigenvalue weighted by Gasteiger charge is 2.16. The Bertz CT molecular complexity index is 1220. The highest BCUT2D eigenvalue weighted by atomic mass is 32.2. The Hall–Kier alpha value is -2.98. The summed E-state index contributed by atoms with van der Waals surface area (Å²) in [5, 5.41) is 12.6. The fraction of sp³-hybridized carbons (Fsp3) is 0.273. The normalized spacial score (nSPS) is 11.1. The van der Waals surface area contributed by atoms with Crippen LogP contribution in [0, 0.1) is 5.82 Å². The van der Waals surface area contributed by atoms with Crippen LogP contribution in [-0.2, 0) is 11.3 Å². The van der Waals surface area contributed by atoms with Crippen molar-refractivity contribution >= 4 is 44.4 Å². The largest absolute Gasteiger partial charge is 0.497 e. The number of thiazole rings is 1. The summed E-state index contributed by atoms with van der Waals surface area (Å²) in [5.41, 5.74) is 1.59. The zero-order valence-corrected chi connectivity index (χ0v) is 19.3. The van der Waals surface area contributed by atoms with Gasteiger partial charge in [-0.15, -0.1) is 10.2 Å². The summed E-state index contributed by atoms with van der Waals surface area (Å²) in [7, 11) is 1.63. The number of methoxy groups -OCH3 is 1. The van der Waals surface area contributed by atoms with Crippen LogP contribution in [0.2, 0.25) is 0 Å². The zero-order chi connectivity index (χ0) is 22.5. The lowest BCUT2D eigenvalue weighted by molar-refractivity contribution is -0.113. The SMILES string of the molecule is CCCCn1c(SCC(=O)Nc2nc3ccc(F)cc3s2)nnc1-c1ccc(OC)cc1. The van der Waals surface area contributed by atoms with Gasteiger partial charge in [0.05, 0.1) is 23.1 Å². The van der Waals surface area contributed by atoms with Crippen molar-refractivity contribution in [1.82, 2.24) is 19.7 Å². The Morgan fingerprint density at radius 2 is 2.03 bits per heavy atom. The van der Waals surface area contributed by atoms with Crippen molar-refractivity contribution in [3.05, 3.63) is 48.3 Å². The number of ether oxygens (including phenoxy) is 1. The van der Waals surface area contributed by atoms with E-state index in [2.05, 4.69) is 27.4 Å². The third kappa shape index (κ3) is 5.08. The quantitative estimate of drug-likeness (QED) is 0.337. The summed E-state index contributed by atoms with van der Waals surface area (Å²) in [4.78, 5) is 16.8. The van der Waals surface area contributed by atoms with Gasteiger partial charge in [-0.1, -0.05) is 36.4 Å². The van der Waals surface area contributed by atoms with Gasteiger partial charge in [0.1, 0.15) is 11.6 Å². The number of nitrogens with one attached hydrogen (secondary N) is 1. The van der Waals surface area contributed by atoms with Crippen LogP contribution in [0.25, 0.3) is 21.6 Å². The van der Waals surface area contributed by atoms with Crippen molar-refractivity contribution in [2.45, 2.75) is 31.5 Å². The molecule has 2 aromatic heterocycles. The molecule has 10 heteroatoms. The molecule has 32 heavy (non-hydrogen) atoms. The number of amides is 1. The van der Waals surface area contributed by atoms with Gasteiger partial charge < -0.3 is 14.6 Å². The summed E-state index contributed by atoms with van der Waals surface area (Å²) < 4.78 is 21.3. The molecule has 2 heterocycles. The van der Waals surface area contributed by atoms with Crippen LogP contribution in [0.5, 0.6) is 5.75 Å². The average molecular weight is 472 g/mol. The monoisotopic (exact) mass is 471 g/mol. The van der Waals surface area contributed by atoms with Crippen LogP contribution >= 0.6 is 23.1 Å². The van der Waals surface area contributed by atoms with Gasteiger partial charge in [-0.25, -0.2) is 9.37 Å². The third-order valence-corrected chi connectivity index (χ3v) is 6.63. The van der Waals surface area contributed by atoms with Crippen LogP contribution in [-0.4, -0.2) is 38.5 Å². The number of benzene rings is 2. The van der Waals surface area contributed by atoms with E-state index in [0.29, 0.717) is 20.5 Å². The minimum absolute atomic E-state index is 0.164. The summed E-state index contributed by atoms with van der Waals surface area (Å²) >= 11 is 2.57. The molecule has 4 aromatic rings. The van der Waals surface area contributed by atoms with E-state index >= 15 is 0 Å². The number of unbranched alkanes of at least 4 members (excludes halogenated alkanes) is 1. The Morgan fingerprint density at radius 1 is 1.22 bits per heavy atom. The summed E-state index contributed by atoms with van der Waals surface area (Å²) in [6.45, 7) is 2.89. The first-order chi connectivity index (χ1) is 15.6. The zero-order valence-electron chi connectivity index (χ0n) is 17.7. The fourth-order valence-electron chi connectivity index (χ4n) is 3.10. The lowest BCUT2D eigenvalue weighted by Crippen LogP contribution is -2.14. The number of aromatic nitrogens is 4. The van der Waals surface area contributed by atoms with Crippen molar-refractivity contribution in [2.24, 2.45) is 0 Å². The van der Waals surface area contributed by atoms with Gasteiger partial charge >= 0.3 is 0 Å². The second kappa shape index (κ2) is 10.1. The van der Waals surface area contributed by atoms with E-state index in [1.807, 2.05) is 28.8 Å². The molecule has 0 saturated carbocycles. The second-order valence-electron chi connectivity index (χ2n) is 7.01. The van der Waals surface area contributed by atoms with Gasteiger partial charge in [0.2, 0.25) is 5.91 Å². The standard InChI is InChI=1S/C22H22FN5O2S2/c1-3-4-11-28-20(14-5-8-16(30-2)9-6-14)26-27-22(28)31-13-19(29)25-21-24-17-10-7-15(23)12-18(17)32-21/h5-10,12H,3-4,11,13H2,1-2H3,(H,24,25,29). The molecular formula is C22H22FN5O2S2. The topological polar surface area (TPSA) is 81.9 Å². The smallest absolute Gasteiger partial charge is 0.236 e. The number of thioether (sulfide) groups is 1. The summed E-state index contributed by atoms with van der Waals surface area (Å²) in [6.07, 6.45) is 2.01. The van der Waals surface area contributed by atoms with Gasteiger partial charge in [0.25, 0.3) is 0 Å². The Morgan fingerprint density at radius 3 is 2.78 bits per heavy atom. The molecular weight excluding hydrogens is 449 g/mol. The number of rotatable bonds is 9. The van der Waals surface area contributed by atoms with Crippen LogP contribution in [0.3, 0.4) is 0 Å². The number of anilines is 1. The molecule has 0 fully saturated rings. The molecule has 0 saturated heterocycles. The minimum atomic E-state index is -0.325. The number of halogens is 1. The molecule has 0 atom stereocenters. The van der Waals surface area contributed by atoms with E-state index in [1.165, 1.54) is 35.2 Å². The molecule has 166 valence electrons. The number of nitrogens with zero attached hydrogens (tertiary/aromatic N) is 4. The van der Waals surface area contributed by atoms with Crippen LogP contribution < -0.4 is 10.1 Å². The van der Waals surface area contributed by atoms with E-state index in [0.717, 1.165) is 36.5 Å². The first kappa shape index (κ1) is 22.2. The van der Waals surface area contributed by atoms with Crippen LogP contribution in [0.4, 0.5) is 9.52 Å². The molecule has 4 rings (SSSR count). The summed E-state index contributed by atoms with van der Waals surface area (Å²) in [6, 6.07) is 12.0. The number of carbonyl (C=O) groups is 1. The van der Waals surface area contributed by atoms with Gasteiger partial charge in [-0.05, 0) is 48.9 Å². The number of hydrogen-bond acceptors (Lipinski definition) is 7. The van der Waals surface area contributed by atoms with E-state index in [1.54, 1.807) is 13.2 Å². The number of fused-ring (bicyclic) bond motifs is 1. The fourth-order valence-corrected chi connectivity index (χ4v) is 4.78. The molecule has 0 aliphatic heterocycles. The Balaban J connectivity index is 1.46. The molecule has 0 radical (unpaired) electrons. The average Bonchev–Trinajstić information content (AvgIpc) is 3.39. The molecule has 0 unspecified atom stereocenters. The van der Waals surface area contributed by atoms with Gasteiger partial charge in [0.15, 0.2) is 16.1 Å². The van der Waals surface area contributed by atoms with Gasteiger partial charge in [-0.2, -0.15) is 0 Å². The molecule has 1 N–H and O–H groups in total. The Kier molecular flexibility index (Phi) is 7.01. The maximum Gasteiger partial charge on any atom is 0.236 e. The molecule has 0 aliphatic rings. The van der Waals surface area contributed by atoms with E-state index in [-0.39, 0.29) is 17.5 Å². The maximum atomic E-state index is 13.4. The number of hydrogen-bond donors (Lipinski definition) is 1.